The molecule has 1 aromatic heterocycles. The second-order valence-corrected chi connectivity index (χ2v) is 4.45. The maximum Gasteiger partial charge on any atom is 0.308 e. The summed E-state index contributed by atoms with van der Waals surface area (Å²) in [6.45, 7) is 1.93. The Kier molecular flexibility index (Phi) is 3.30. The van der Waals surface area contributed by atoms with Crippen LogP contribution in [-0.4, -0.2) is 19.2 Å². The summed E-state index contributed by atoms with van der Waals surface area (Å²) in [5, 5.41) is 0. The zero-order chi connectivity index (χ0) is 9.73. The van der Waals surface area contributed by atoms with Gasteiger partial charge in [-0.2, -0.15) is 0 Å². The molecule has 0 atom stereocenters. The molecule has 1 aromatic rings. The third-order valence-electron chi connectivity index (χ3n) is 1.44. The summed E-state index contributed by atoms with van der Waals surface area (Å²) in [6, 6.07) is 0.0242. The fourth-order valence-electron chi connectivity index (χ4n) is 0.792. The Bertz CT molecular complexity index is 331. The Labute approximate surface area is 77.2 Å². The van der Waals surface area contributed by atoms with Crippen molar-refractivity contribution in [1.82, 2.24) is 4.98 Å². The van der Waals surface area contributed by atoms with Crippen LogP contribution in [0.4, 0.5) is 6.01 Å². The molecule has 1 N–H and O–H groups in total. The van der Waals surface area contributed by atoms with E-state index in [0.717, 1.165) is 6.42 Å². The summed E-state index contributed by atoms with van der Waals surface area (Å²) in [5.41, 5.74) is 0. The van der Waals surface area contributed by atoms with E-state index in [9.17, 15) is 8.42 Å². The molecule has 0 saturated carbocycles. The predicted octanol–water partition coefficient (Wildman–Crippen LogP) is 1.22. The van der Waals surface area contributed by atoms with Crippen LogP contribution in [-0.2, 0) is 10.0 Å². The molecule has 0 unspecified atom stereocenters. The van der Waals surface area contributed by atoms with Crippen LogP contribution >= 0.6 is 0 Å². The largest absolute Gasteiger partial charge is 0.432 e. The van der Waals surface area contributed by atoms with Crippen LogP contribution < -0.4 is 4.72 Å². The number of hydrogen-bond donors (Lipinski definition) is 1. The van der Waals surface area contributed by atoms with Gasteiger partial charge in [0.05, 0.1) is 11.9 Å². The lowest BCUT2D eigenvalue weighted by molar-refractivity contribution is 0.569. The highest BCUT2D eigenvalue weighted by molar-refractivity contribution is 7.92. The van der Waals surface area contributed by atoms with Gasteiger partial charge < -0.3 is 4.42 Å². The maximum atomic E-state index is 11.2. The monoisotopic (exact) mass is 204 g/mol. The van der Waals surface area contributed by atoms with Gasteiger partial charge in [0.15, 0.2) is 0 Å². The van der Waals surface area contributed by atoms with Crippen molar-refractivity contribution in [2.24, 2.45) is 0 Å². The molecule has 74 valence electrons. The van der Waals surface area contributed by atoms with Crippen LogP contribution in [0.2, 0.25) is 0 Å². The van der Waals surface area contributed by atoms with Gasteiger partial charge in [-0.15, -0.1) is 0 Å². The van der Waals surface area contributed by atoms with Crippen molar-refractivity contribution in [1.29, 1.82) is 0 Å². The highest BCUT2D eigenvalue weighted by Crippen LogP contribution is 2.05. The first-order valence-electron chi connectivity index (χ1n) is 4.04. The van der Waals surface area contributed by atoms with Crippen molar-refractivity contribution in [3.05, 3.63) is 12.5 Å². The van der Waals surface area contributed by atoms with E-state index in [0.29, 0.717) is 6.42 Å². The second kappa shape index (κ2) is 4.27. The predicted molar refractivity (Wildman–Crippen MR) is 48.8 cm³/mol. The lowest BCUT2D eigenvalue weighted by atomic mass is 10.4. The maximum absolute atomic E-state index is 11.2. The minimum absolute atomic E-state index is 0.0242. The number of aromatic nitrogens is 1. The molecule has 0 amide bonds. The molecular weight excluding hydrogens is 192 g/mol. The lowest BCUT2D eigenvalue weighted by Crippen LogP contribution is -2.16. The minimum atomic E-state index is -3.27. The van der Waals surface area contributed by atoms with E-state index in [1.54, 1.807) is 0 Å². The van der Waals surface area contributed by atoms with Crippen LogP contribution in [0.3, 0.4) is 0 Å². The number of hydrogen-bond acceptors (Lipinski definition) is 4. The molecule has 0 saturated heterocycles. The van der Waals surface area contributed by atoms with Gasteiger partial charge in [0.25, 0.3) is 0 Å². The van der Waals surface area contributed by atoms with Crippen LogP contribution in [0.15, 0.2) is 16.9 Å². The molecule has 0 aromatic carbocycles. The fraction of sp³-hybridized carbons (Fsp3) is 0.571. The highest BCUT2D eigenvalue weighted by Gasteiger charge is 2.11. The minimum Gasteiger partial charge on any atom is -0.432 e. The van der Waals surface area contributed by atoms with E-state index in [2.05, 4.69) is 9.71 Å². The summed E-state index contributed by atoms with van der Waals surface area (Å²) >= 11 is 0. The average molecular weight is 204 g/mol. The average Bonchev–Trinajstić information content (AvgIpc) is 2.52. The molecule has 6 heteroatoms. The Morgan fingerprint density at radius 3 is 2.92 bits per heavy atom. The first-order valence-corrected chi connectivity index (χ1v) is 5.69. The van der Waals surface area contributed by atoms with Crippen molar-refractivity contribution < 1.29 is 12.8 Å². The zero-order valence-corrected chi connectivity index (χ0v) is 8.17. The van der Waals surface area contributed by atoms with Crippen LogP contribution in [0.25, 0.3) is 0 Å². The molecule has 13 heavy (non-hydrogen) atoms. The van der Waals surface area contributed by atoms with Crippen molar-refractivity contribution in [3.63, 3.8) is 0 Å². The molecule has 0 aliphatic carbocycles. The van der Waals surface area contributed by atoms with Gasteiger partial charge in [0, 0.05) is 0 Å². The topological polar surface area (TPSA) is 72.2 Å². The summed E-state index contributed by atoms with van der Waals surface area (Å²) in [6.07, 6.45) is 4.18. The van der Waals surface area contributed by atoms with Crippen LogP contribution in [0.5, 0.6) is 0 Å². The molecule has 0 spiro atoms. The number of nitrogens with zero attached hydrogens (tertiary/aromatic N) is 1. The molecule has 0 aliphatic heterocycles. The van der Waals surface area contributed by atoms with Crippen LogP contribution in [0, 0.1) is 0 Å². The van der Waals surface area contributed by atoms with Gasteiger partial charge >= 0.3 is 6.01 Å². The van der Waals surface area contributed by atoms with E-state index >= 15 is 0 Å². The molecule has 0 bridgehead atoms. The molecule has 1 rings (SSSR count). The number of anilines is 1. The molecular formula is C7H12N2O3S. The first-order chi connectivity index (χ1) is 6.14. The Morgan fingerprint density at radius 1 is 1.62 bits per heavy atom. The summed E-state index contributed by atoms with van der Waals surface area (Å²) < 4.78 is 29.5. The van der Waals surface area contributed by atoms with Gasteiger partial charge in [-0.05, 0) is 6.42 Å². The summed E-state index contributed by atoms with van der Waals surface area (Å²) in [4.78, 5) is 3.65. The number of sulfonamides is 1. The lowest BCUT2D eigenvalue weighted by Gasteiger charge is -2.01. The Morgan fingerprint density at radius 2 is 2.38 bits per heavy atom. The molecule has 5 nitrogen and oxygen atoms in total. The van der Waals surface area contributed by atoms with Gasteiger partial charge in [0.1, 0.15) is 6.26 Å². The van der Waals surface area contributed by atoms with Gasteiger partial charge in [-0.3, -0.25) is 0 Å². The summed E-state index contributed by atoms with van der Waals surface area (Å²) in [5.74, 6) is 0.103. The van der Waals surface area contributed by atoms with Crippen LogP contribution in [0.1, 0.15) is 19.8 Å². The van der Waals surface area contributed by atoms with Crippen molar-refractivity contribution >= 4 is 16.0 Å². The number of nitrogens with one attached hydrogen (secondary N) is 1. The Hall–Kier alpha value is -1.04. The van der Waals surface area contributed by atoms with E-state index in [1.807, 2.05) is 6.92 Å². The van der Waals surface area contributed by atoms with E-state index in [1.165, 1.54) is 12.5 Å². The van der Waals surface area contributed by atoms with Crippen molar-refractivity contribution in [2.45, 2.75) is 19.8 Å². The number of rotatable bonds is 5. The van der Waals surface area contributed by atoms with Crippen molar-refractivity contribution in [2.75, 3.05) is 10.5 Å². The number of unbranched alkanes of at least 4 members (excludes halogenated alkanes) is 1. The normalized spacial score (nSPS) is 11.5. The zero-order valence-electron chi connectivity index (χ0n) is 7.36. The first kappa shape index (κ1) is 10.0. The SMILES string of the molecule is CCCCS(=O)(=O)Nc1ncco1. The quantitative estimate of drug-likeness (QED) is 0.782. The van der Waals surface area contributed by atoms with E-state index < -0.39 is 10.0 Å². The van der Waals surface area contributed by atoms with E-state index in [-0.39, 0.29) is 11.8 Å². The fourth-order valence-corrected chi connectivity index (χ4v) is 1.93. The third kappa shape index (κ3) is 3.45. The van der Waals surface area contributed by atoms with Gasteiger partial charge in [-0.1, -0.05) is 13.3 Å². The molecule has 0 aliphatic rings. The molecule has 0 radical (unpaired) electrons. The summed E-state index contributed by atoms with van der Waals surface area (Å²) in [7, 11) is -3.27. The van der Waals surface area contributed by atoms with Crippen molar-refractivity contribution in [3.8, 4) is 0 Å². The standard InChI is InChI=1S/C7H12N2O3S/c1-2-3-6-13(10,11)9-7-8-4-5-12-7/h4-5H,2-3,6H2,1H3,(H,8,9). The Balaban J connectivity index is 2.53. The third-order valence-corrected chi connectivity index (χ3v) is 2.75. The molecule has 0 fully saturated rings. The van der Waals surface area contributed by atoms with E-state index in [4.69, 9.17) is 4.42 Å². The van der Waals surface area contributed by atoms with Gasteiger partial charge in [0.2, 0.25) is 10.0 Å². The molecule has 1 heterocycles. The number of oxazole rings is 1. The highest BCUT2D eigenvalue weighted by atomic mass is 32.2. The van der Waals surface area contributed by atoms with Gasteiger partial charge in [-0.25, -0.2) is 18.1 Å². The smallest absolute Gasteiger partial charge is 0.308 e. The second-order valence-electron chi connectivity index (χ2n) is 2.61.